The third-order valence-electron chi connectivity index (χ3n) is 3.95. The third kappa shape index (κ3) is 7.76. The zero-order valence-corrected chi connectivity index (χ0v) is 16.1. The molecule has 1 rings (SSSR count). The highest BCUT2D eigenvalue weighted by Crippen LogP contribution is 2.05. The van der Waals surface area contributed by atoms with Crippen LogP contribution < -0.4 is 10.2 Å². The average Bonchev–Trinajstić information content (AvgIpc) is 2.53. The first kappa shape index (κ1) is 24.1. The van der Waals surface area contributed by atoms with Crippen molar-refractivity contribution in [3.8, 4) is 0 Å². The van der Waals surface area contributed by atoms with Gasteiger partial charge in [-0.25, -0.2) is 0 Å². The lowest BCUT2D eigenvalue weighted by Gasteiger charge is -2.34. The molecule has 0 aliphatic carbocycles. The van der Waals surface area contributed by atoms with E-state index < -0.39 is 11.9 Å². The Labute approximate surface area is 154 Å². The highest BCUT2D eigenvalue weighted by atomic mass is 127. The minimum atomic E-state index is -1.52. The van der Waals surface area contributed by atoms with Gasteiger partial charge in [0, 0.05) is 11.1 Å². The van der Waals surface area contributed by atoms with Gasteiger partial charge in [-0.1, -0.05) is 24.3 Å². The second-order valence-corrected chi connectivity index (χ2v) is 4.86. The summed E-state index contributed by atoms with van der Waals surface area (Å²) in [6, 6.07) is 5.14. The van der Waals surface area contributed by atoms with Gasteiger partial charge in [0.05, 0.1) is 38.2 Å². The predicted molar refractivity (Wildman–Crippen MR) is 94.4 cm³/mol. The Balaban J connectivity index is 0. The number of carboxylic acids is 2. The molecule has 0 fully saturated rings. The second-order valence-electron chi connectivity index (χ2n) is 4.86. The number of quaternary nitrogens is 1. The van der Waals surface area contributed by atoms with Crippen LogP contribution in [0.4, 0.5) is 0 Å². The largest absolute Gasteiger partial charge is 0.545 e. The number of halogens is 1. The van der Waals surface area contributed by atoms with Crippen LogP contribution in [0.2, 0.25) is 0 Å². The van der Waals surface area contributed by atoms with Crippen LogP contribution in [-0.4, -0.2) is 54.3 Å². The summed E-state index contributed by atoms with van der Waals surface area (Å²) in [5.74, 6) is -3.04. The van der Waals surface area contributed by atoms with Crippen molar-refractivity contribution in [2.75, 3.05) is 32.8 Å². The number of nitrogens with zero attached hydrogens (tertiary/aromatic N) is 1. The van der Waals surface area contributed by atoms with Crippen LogP contribution in [0.25, 0.3) is 0 Å². The lowest BCUT2D eigenvalue weighted by Crippen LogP contribution is -2.49. The monoisotopic (exact) mass is 438 g/mol. The minimum absolute atomic E-state index is 0. The molecule has 0 saturated heterocycles. The summed E-state index contributed by atoms with van der Waals surface area (Å²) in [6.07, 6.45) is 0. The van der Waals surface area contributed by atoms with Crippen LogP contribution in [0.15, 0.2) is 24.3 Å². The van der Waals surface area contributed by atoms with Crippen molar-refractivity contribution in [1.29, 1.82) is 0 Å². The molecule has 1 N–H and O–H groups in total. The molecular formula is C16H25INO5-. The van der Waals surface area contributed by atoms with Gasteiger partial charge >= 0.3 is 0 Å². The first-order valence-electron chi connectivity index (χ1n) is 7.35. The molecule has 0 radical (unpaired) electrons. The molecule has 1 aromatic carbocycles. The highest BCUT2D eigenvalue weighted by Gasteiger charge is 2.18. The van der Waals surface area contributed by atoms with Crippen molar-refractivity contribution in [2.45, 2.75) is 20.8 Å². The van der Waals surface area contributed by atoms with E-state index in [1.807, 2.05) is 0 Å². The Morgan fingerprint density at radius 3 is 1.48 bits per heavy atom. The van der Waals surface area contributed by atoms with E-state index in [9.17, 15) is 19.8 Å². The fourth-order valence-corrected chi connectivity index (χ4v) is 2.20. The van der Waals surface area contributed by atoms with Crippen molar-refractivity contribution in [1.82, 2.24) is 0 Å². The van der Waals surface area contributed by atoms with Gasteiger partial charge in [-0.3, -0.25) is 0 Å². The molecule has 0 bridgehead atoms. The summed E-state index contributed by atoms with van der Waals surface area (Å²) >= 11 is 0. The Hall–Kier alpha value is -1.19. The Morgan fingerprint density at radius 1 is 0.957 bits per heavy atom. The predicted octanol–water partition coefficient (Wildman–Crippen LogP) is -0.113. The first-order valence-corrected chi connectivity index (χ1v) is 7.35. The average molecular weight is 438 g/mol. The van der Waals surface area contributed by atoms with Gasteiger partial charge in [-0.05, 0) is 20.8 Å². The number of hydrogen-bond donors (Lipinski definition) is 1. The Morgan fingerprint density at radius 2 is 1.30 bits per heavy atom. The standard InChI is InChI=1S/C8H20NO.C8H6O4.HI/c1-4-9(5-2,6-3)7-8-10;9-7(10)5-3-1-2-4-6(5)8(11)12;/h10H,4-8H2,1-3H3;1-4H,(H,9,10)(H,11,12);1H/q+1;;/p-2. The van der Waals surface area contributed by atoms with Gasteiger partial charge in [0.1, 0.15) is 6.54 Å². The lowest BCUT2D eigenvalue weighted by molar-refractivity contribution is -0.923. The van der Waals surface area contributed by atoms with Gasteiger partial charge in [0.25, 0.3) is 0 Å². The fourth-order valence-electron chi connectivity index (χ4n) is 2.20. The molecular weight excluding hydrogens is 413 g/mol. The van der Waals surface area contributed by atoms with E-state index in [0.29, 0.717) is 6.61 Å². The number of aliphatic hydroxyl groups excluding tert-OH is 1. The van der Waals surface area contributed by atoms with Gasteiger partial charge in [-0.2, -0.15) is 0 Å². The summed E-state index contributed by atoms with van der Waals surface area (Å²) < 4.78 is 1.05. The molecule has 0 atom stereocenters. The molecule has 23 heavy (non-hydrogen) atoms. The summed E-state index contributed by atoms with van der Waals surface area (Å²) in [7, 11) is 0. The maximum Gasteiger partial charge on any atom is 0.102 e. The molecule has 6 nitrogen and oxygen atoms in total. The van der Waals surface area contributed by atoms with E-state index in [1.54, 1.807) is 0 Å². The number of carboxylic acid groups (broad SMARTS) is 2. The van der Waals surface area contributed by atoms with E-state index in [0.717, 1.165) is 42.8 Å². The molecule has 1 aromatic rings. The number of aliphatic hydroxyl groups is 1. The van der Waals surface area contributed by atoms with E-state index in [1.165, 1.54) is 12.1 Å². The Bertz CT molecular complexity index is 448. The van der Waals surface area contributed by atoms with Crippen LogP contribution in [-0.2, 0) is 0 Å². The van der Waals surface area contributed by atoms with Crippen molar-refractivity contribution in [3.05, 3.63) is 35.4 Å². The molecule has 0 saturated carbocycles. The number of aromatic carboxylic acids is 2. The number of rotatable bonds is 7. The molecule has 0 aromatic heterocycles. The van der Waals surface area contributed by atoms with Crippen LogP contribution in [0.3, 0.4) is 0 Å². The van der Waals surface area contributed by atoms with E-state index in [4.69, 9.17) is 5.11 Å². The smallest absolute Gasteiger partial charge is 0.102 e. The number of hydrogen-bond acceptors (Lipinski definition) is 5. The number of likely N-dealkylation sites (N-methyl/N-ethyl adjacent to an activating group) is 1. The van der Waals surface area contributed by atoms with Gasteiger partial charge in [0.2, 0.25) is 0 Å². The molecule has 0 amide bonds. The van der Waals surface area contributed by atoms with Crippen LogP contribution in [0.5, 0.6) is 0 Å². The van der Waals surface area contributed by atoms with Crippen LogP contribution >= 0.6 is 24.0 Å². The number of carbonyl (C=O) groups is 2. The number of benzene rings is 1. The topological polar surface area (TPSA) is 100 Å². The molecule has 0 aliphatic heterocycles. The van der Waals surface area contributed by atoms with Gasteiger partial charge < -0.3 is 29.4 Å². The summed E-state index contributed by atoms with van der Waals surface area (Å²) in [5.41, 5.74) is -0.727. The maximum absolute atomic E-state index is 10.3. The zero-order valence-electron chi connectivity index (χ0n) is 13.8. The quantitative estimate of drug-likeness (QED) is 0.473. The second kappa shape index (κ2) is 12.3. The van der Waals surface area contributed by atoms with Gasteiger partial charge in [0.15, 0.2) is 0 Å². The van der Waals surface area contributed by atoms with E-state index in [2.05, 4.69) is 20.8 Å². The Kier molecular flexibility index (Phi) is 12.8. The van der Waals surface area contributed by atoms with Crippen molar-refractivity contribution < 1.29 is 29.4 Å². The molecule has 7 heteroatoms. The lowest BCUT2D eigenvalue weighted by atomic mass is 10.1. The zero-order chi connectivity index (χ0) is 17.2. The summed E-state index contributed by atoms with van der Waals surface area (Å²) in [6.45, 7) is 11.2. The van der Waals surface area contributed by atoms with Crippen LogP contribution in [0.1, 0.15) is 41.5 Å². The number of carbonyl (C=O) groups excluding carboxylic acids is 2. The maximum atomic E-state index is 10.3. The summed E-state index contributed by atoms with van der Waals surface area (Å²) in [4.78, 5) is 20.6. The van der Waals surface area contributed by atoms with Crippen molar-refractivity contribution in [2.24, 2.45) is 0 Å². The van der Waals surface area contributed by atoms with Gasteiger partial charge in [-0.15, -0.1) is 24.0 Å². The summed E-state index contributed by atoms with van der Waals surface area (Å²) in [5, 5.41) is 29.4. The molecule has 0 heterocycles. The van der Waals surface area contributed by atoms with E-state index in [-0.39, 0.29) is 35.1 Å². The van der Waals surface area contributed by atoms with Crippen molar-refractivity contribution in [3.63, 3.8) is 0 Å². The molecule has 132 valence electrons. The first-order chi connectivity index (χ1) is 10.4. The SMILES string of the molecule is CC[N+](CC)(CC)CCO.I.O=C([O-])c1ccccc1C(=O)[O-]. The minimum Gasteiger partial charge on any atom is -0.545 e. The van der Waals surface area contributed by atoms with E-state index >= 15 is 0 Å². The molecule has 0 unspecified atom stereocenters. The highest BCUT2D eigenvalue weighted by molar-refractivity contribution is 14.0. The molecule has 0 aliphatic rings. The normalized spacial score (nSPS) is 10.1. The van der Waals surface area contributed by atoms with Crippen LogP contribution in [0, 0.1) is 0 Å². The van der Waals surface area contributed by atoms with Crippen molar-refractivity contribution >= 4 is 35.9 Å². The third-order valence-corrected chi connectivity index (χ3v) is 3.95. The molecule has 0 spiro atoms. The fraction of sp³-hybridized carbons (Fsp3) is 0.500.